The van der Waals surface area contributed by atoms with E-state index in [9.17, 15) is 4.79 Å². The van der Waals surface area contributed by atoms with Gasteiger partial charge in [0.05, 0.1) is 15.6 Å². The Kier molecular flexibility index (Phi) is 4.92. The molecule has 0 aliphatic rings. The maximum atomic E-state index is 10.8. The maximum absolute atomic E-state index is 10.8. The number of hydrogen-bond acceptors (Lipinski definition) is 5. The first kappa shape index (κ1) is 15.3. The van der Waals surface area contributed by atoms with Crippen LogP contribution in [0.5, 0.6) is 0 Å². The first-order valence-corrected chi connectivity index (χ1v) is 9.25. The van der Waals surface area contributed by atoms with Gasteiger partial charge < -0.3 is 9.83 Å². The van der Waals surface area contributed by atoms with E-state index in [1.165, 1.54) is 16.0 Å². The molecule has 3 nitrogen and oxygen atoms in total. The average Bonchev–Trinajstić information content (AvgIpc) is 3.04. The Morgan fingerprint density at radius 3 is 2.64 bits per heavy atom. The van der Waals surface area contributed by atoms with Gasteiger partial charge in [0.15, 0.2) is 0 Å². The lowest BCUT2D eigenvalue weighted by Crippen LogP contribution is -1.97. The lowest BCUT2D eigenvalue weighted by molar-refractivity contribution is -0.133. The van der Waals surface area contributed by atoms with Gasteiger partial charge in [-0.3, -0.25) is 4.79 Å². The molecule has 1 heterocycles. The number of benzene rings is 2. The highest BCUT2D eigenvalue weighted by Crippen LogP contribution is 2.35. The lowest BCUT2D eigenvalue weighted by Gasteiger charge is -2.11. The molecule has 0 aliphatic heterocycles. The minimum atomic E-state index is -0.801. The summed E-state index contributed by atoms with van der Waals surface area (Å²) < 4.78 is 4.59. The summed E-state index contributed by atoms with van der Waals surface area (Å²) in [5, 5.41) is 13.1. The number of rotatable bonds is 6. The number of thioether (sulfide) groups is 1. The summed E-state index contributed by atoms with van der Waals surface area (Å²) in [7, 11) is 0. The third kappa shape index (κ3) is 3.58. The van der Waals surface area contributed by atoms with Crippen LogP contribution in [0.3, 0.4) is 0 Å². The van der Waals surface area contributed by atoms with Gasteiger partial charge in [0.25, 0.3) is 0 Å². The van der Waals surface area contributed by atoms with E-state index in [1.54, 1.807) is 23.3 Å². The van der Waals surface area contributed by atoms with Crippen LogP contribution in [0.4, 0.5) is 5.69 Å². The SMILES string of the molecule is O=C(O)CSc1ccc(NSc2cccs2)c2ccccc12. The van der Waals surface area contributed by atoms with Crippen molar-refractivity contribution >= 4 is 57.5 Å². The molecule has 0 amide bonds. The molecule has 1 aromatic heterocycles. The molecule has 22 heavy (non-hydrogen) atoms. The van der Waals surface area contributed by atoms with Gasteiger partial charge in [-0.25, -0.2) is 0 Å². The molecule has 2 aromatic carbocycles. The lowest BCUT2D eigenvalue weighted by atomic mass is 10.1. The zero-order valence-corrected chi connectivity index (χ0v) is 13.9. The van der Waals surface area contributed by atoms with Crippen LogP contribution in [0, 0.1) is 0 Å². The predicted molar refractivity (Wildman–Crippen MR) is 96.1 cm³/mol. The van der Waals surface area contributed by atoms with E-state index in [4.69, 9.17) is 5.11 Å². The third-order valence-electron chi connectivity index (χ3n) is 2.99. The third-order valence-corrected chi connectivity index (χ3v) is 5.91. The Hall–Kier alpha value is -1.63. The largest absolute Gasteiger partial charge is 0.481 e. The van der Waals surface area contributed by atoms with Gasteiger partial charge in [-0.2, -0.15) is 0 Å². The molecule has 3 rings (SSSR count). The van der Waals surface area contributed by atoms with Crippen LogP contribution in [0.15, 0.2) is 63.0 Å². The fourth-order valence-electron chi connectivity index (χ4n) is 2.05. The molecule has 3 aromatic rings. The average molecular weight is 347 g/mol. The summed E-state index contributed by atoms with van der Waals surface area (Å²) in [6.45, 7) is 0. The molecular weight excluding hydrogens is 334 g/mol. The van der Waals surface area contributed by atoms with Crippen LogP contribution in [0.2, 0.25) is 0 Å². The number of fused-ring (bicyclic) bond motifs is 1. The summed E-state index contributed by atoms with van der Waals surface area (Å²) in [4.78, 5) is 11.8. The summed E-state index contributed by atoms with van der Waals surface area (Å²) in [5.41, 5.74) is 1.04. The Bertz CT molecular complexity index is 787. The van der Waals surface area contributed by atoms with Crippen LogP contribution in [-0.4, -0.2) is 16.8 Å². The molecule has 112 valence electrons. The summed E-state index contributed by atoms with van der Waals surface area (Å²) >= 11 is 4.63. The van der Waals surface area contributed by atoms with Gasteiger partial charge in [0, 0.05) is 10.3 Å². The molecule has 0 spiro atoms. The number of carboxylic acids is 1. The van der Waals surface area contributed by atoms with E-state index < -0.39 is 5.97 Å². The highest BCUT2D eigenvalue weighted by atomic mass is 32.2. The predicted octanol–water partition coefficient (Wildman–Crippen LogP) is 5.20. The topological polar surface area (TPSA) is 49.3 Å². The fraction of sp³-hybridized carbons (Fsp3) is 0.0625. The second kappa shape index (κ2) is 7.09. The molecule has 0 fully saturated rings. The van der Waals surface area contributed by atoms with E-state index >= 15 is 0 Å². The Morgan fingerprint density at radius 1 is 1.09 bits per heavy atom. The molecule has 0 atom stereocenters. The van der Waals surface area contributed by atoms with Crippen LogP contribution >= 0.6 is 35.0 Å². The second-order valence-corrected chi connectivity index (χ2v) is 7.55. The first-order chi connectivity index (χ1) is 10.7. The number of hydrogen-bond donors (Lipinski definition) is 2. The van der Waals surface area contributed by atoms with Gasteiger partial charge in [-0.05, 0) is 40.9 Å². The molecule has 0 bridgehead atoms. The van der Waals surface area contributed by atoms with Crippen molar-refractivity contribution in [3.8, 4) is 0 Å². The Morgan fingerprint density at radius 2 is 1.91 bits per heavy atom. The number of aliphatic carboxylic acids is 1. The van der Waals surface area contributed by atoms with E-state index in [2.05, 4.69) is 16.9 Å². The zero-order chi connectivity index (χ0) is 15.4. The number of carbonyl (C=O) groups is 1. The van der Waals surface area contributed by atoms with Crippen LogP contribution < -0.4 is 4.72 Å². The molecule has 0 aliphatic carbocycles. The van der Waals surface area contributed by atoms with Gasteiger partial charge in [-0.1, -0.05) is 30.3 Å². The first-order valence-electron chi connectivity index (χ1n) is 6.57. The second-order valence-electron chi connectivity index (χ2n) is 4.48. The number of thiophene rings is 1. The molecule has 0 saturated heterocycles. The van der Waals surface area contributed by atoms with Crippen molar-refractivity contribution in [1.82, 2.24) is 0 Å². The maximum Gasteiger partial charge on any atom is 0.313 e. The van der Waals surface area contributed by atoms with Crippen molar-refractivity contribution in [2.45, 2.75) is 9.10 Å². The van der Waals surface area contributed by atoms with Gasteiger partial charge >= 0.3 is 5.97 Å². The van der Waals surface area contributed by atoms with E-state index in [0.29, 0.717) is 0 Å². The smallest absolute Gasteiger partial charge is 0.313 e. The van der Waals surface area contributed by atoms with E-state index in [0.717, 1.165) is 21.4 Å². The van der Waals surface area contributed by atoms with Crippen LogP contribution in [-0.2, 0) is 4.79 Å². The highest BCUT2D eigenvalue weighted by molar-refractivity contribution is 8.02. The van der Waals surface area contributed by atoms with Crippen molar-refractivity contribution < 1.29 is 9.90 Å². The van der Waals surface area contributed by atoms with Crippen molar-refractivity contribution in [2.75, 3.05) is 10.5 Å². The van der Waals surface area contributed by atoms with Crippen LogP contribution in [0.1, 0.15) is 0 Å². The Labute approximate surface area is 140 Å². The monoisotopic (exact) mass is 347 g/mol. The Balaban J connectivity index is 1.88. The zero-order valence-electron chi connectivity index (χ0n) is 11.5. The quantitative estimate of drug-likeness (QED) is 0.474. The molecule has 2 N–H and O–H groups in total. The van der Waals surface area contributed by atoms with Gasteiger partial charge in [0.2, 0.25) is 0 Å². The summed E-state index contributed by atoms with van der Waals surface area (Å²) in [5.74, 6) is -0.731. The van der Waals surface area contributed by atoms with Crippen LogP contribution in [0.25, 0.3) is 10.8 Å². The fourth-order valence-corrected chi connectivity index (χ4v) is 4.30. The number of anilines is 1. The number of carboxylic acid groups (broad SMARTS) is 1. The standard InChI is InChI=1S/C16H13NO2S3/c18-15(19)10-21-14-8-7-13(11-4-1-2-5-12(11)14)17-22-16-6-3-9-20-16/h1-9,17H,10H2,(H,18,19). The normalized spacial score (nSPS) is 10.7. The summed E-state index contributed by atoms with van der Waals surface area (Å²) in [6.07, 6.45) is 0. The van der Waals surface area contributed by atoms with Crippen molar-refractivity contribution in [1.29, 1.82) is 0 Å². The summed E-state index contributed by atoms with van der Waals surface area (Å²) in [6, 6.07) is 16.1. The minimum Gasteiger partial charge on any atom is -0.481 e. The van der Waals surface area contributed by atoms with E-state index in [1.807, 2.05) is 41.8 Å². The molecule has 0 saturated carbocycles. The van der Waals surface area contributed by atoms with Crippen molar-refractivity contribution in [3.63, 3.8) is 0 Å². The highest BCUT2D eigenvalue weighted by Gasteiger charge is 2.08. The molecular formula is C16H13NO2S3. The molecule has 6 heteroatoms. The van der Waals surface area contributed by atoms with Gasteiger partial charge in [0.1, 0.15) is 0 Å². The number of nitrogens with one attached hydrogen (secondary N) is 1. The van der Waals surface area contributed by atoms with Crippen molar-refractivity contribution in [2.24, 2.45) is 0 Å². The van der Waals surface area contributed by atoms with Crippen molar-refractivity contribution in [3.05, 3.63) is 53.9 Å². The van der Waals surface area contributed by atoms with E-state index in [-0.39, 0.29) is 5.75 Å². The molecule has 0 radical (unpaired) electrons. The minimum absolute atomic E-state index is 0.0702. The van der Waals surface area contributed by atoms with Gasteiger partial charge in [-0.15, -0.1) is 23.1 Å². The molecule has 0 unspecified atom stereocenters.